The summed E-state index contributed by atoms with van der Waals surface area (Å²) in [6, 6.07) is 14.7. The summed E-state index contributed by atoms with van der Waals surface area (Å²) < 4.78 is 10.7. The van der Waals surface area contributed by atoms with Crippen molar-refractivity contribution in [2.24, 2.45) is 0 Å². The van der Waals surface area contributed by atoms with E-state index in [1.165, 1.54) is 0 Å². The number of anilines is 1. The lowest BCUT2D eigenvalue weighted by Gasteiger charge is -2.39. The monoisotopic (exact) mass is 382 g/mol. The normalized spacial score (nSPS) is 16.8. The topological polar surface area (TPSA) is 59.1 Å². The summed E-state index contributed by atoms with van der Waals surface area (Å²) in [4.78, 5) is 29.1. The van der Waals surface area contributed by atoms with Gasteiger partial charge in [0.05, 0.1) is 19.9 Å². The summed E-state index contributed by atoms with van der Waals surface area (Å²) in [6.45, 7) is 2.69. The number of hydrogen-bond acceptors (Lipinski definition) is 4. The molecule has 0 saturated carbocycles. The molecule has 1 aliphatic rings. The summed E-state index contributed by atoms with van der Waals surface area (Å²) in [5.41, 5.74) is 1.78. The molecule has 148 valence electrons. The smallest absolute Gasteiger partial charge is 0.249 e. The van der Waals surface area contributed by atoms with E-state index in [1.54, 1.807) is 49.1 Å². The number of benzene rings is 2. The molecule has 6 heteroatoms. The Bertz CT molecular complexity index is 838. The highest BCUT2D eigenvalue weighted by molar-refractivity contribution is 6.01. The Hall–Kier alpha value is -3.02. The number of nitrogens with zero attached hydrogens (tertiary/aromatic N) is 2. The standard InChI is InChI=1S/C22H26N2O4/c1-16-22(26)24(19-15-18(27-2)10-11-20(19)28-3)14-13-23(16)21(25)12-9-17-7-5-4-6-8-17/h4-8,10-11,15-16H,9,12-14H2,1-3H3. The van der Waals surface area contributed by atoms with Crippen molar-refractivity contribution in [2.45, 2.75) is 25.8 Å². The molecule has 0 bridgehead atoms. The van der Waals surface area contributed by atoms with Gasteiger partial charge in [0.2, 0.25) is 11.8 Å². The largest absolute Gasteiger partial charge is 0.497 e. The molecular formula is C22H26N2O4. The zero-order valence-electron chi connectivity index (χ0n) is 16.6. The third kappa shape index (κ3) is 4.11. The van der Waals surface area contributed by atoms with E-state index >= 15 is 0 Å². The van der Waals surface area contributed by atoms with Crippen molar-refractivity contribution in [3.63, 3.8) is 0 Å². The average Bonchev–Trinajstić information content (AvgIpc) is 2.74. The van der Waals surface area contributed by atoms with E-state index < -0.39 is 6.04 Å². The first-order valence-electron chi connectivity index (χ1n) is 9.42. The van der Waals surface area contributed by atoms with Crippen LogP contribution in [0.5, 0.6) is 11.5 Å². The van der Waals surface area contributed by atoms with Crippen molar-refractivity contribution >= 4 is 17.5 Å². The molecule has 1 unspecified atom stereocenters. The molecule has 1 saturated heterocycles. The van der Waals surface area contributed by atoms with Crippen molar-refractivity contribution in [3.05, 3.63) is 54.1 Å². The van der Waals surface area contributed by atoms with Crippen LogP contribution in [0.25, 0.3) is 0 Å². The minimum Gasteiger partial charge on any atom is -0.497 e. The fraction of sp³-hybridized carbons (Fsp3) is 0.364. The number of piperazine rings is 1. The first kappa shape index (κ1) is 19.7. The predicted octanol–water partition coefficient (Wildman–Crippen LogP) is 2.90. The Balaban J connectivity index is 1.70. The van der Waals surface area contributed by atoms with Crippen molar-refractivity contribution in [1.29, 1.82) is 0 Å². The average molecular weight is 382 g/mol. The number of aryl methyl sites for hydroxylation is 1. The van der Waals surface area contributed by atoms with Gasteiger partial charge in [0.25, 0.3) is 0 Å². The zero-order valence-corrected chi connectivity index (χ0v) is 16.6. The third-order valence-electron chi connectivity index (χ3n) is 5.12. The van der Waals surface area contributed by atoms with Gasteiger partial charge in [0.1, 0.15) is 17.5 Å². The Labute approximate surface area is 165 Å². The van der Waals surface area contributed by atoms with E-state index in [9.17, 15) is 9.59 Å². The van der Waals surface area contributed by atoms with E-state index in [0.29, 0.717) is 43.1 Å². The molecule has 3 rings (SSSR count). The number of ether oxygens (including phenoxy) is 2. The van der Waals surface area contributed by atoms with E-state index in [2.05, 4.69) is 0 Å². The Morgan fingerprint density at radius 1 is 1.07 bits per heavy atom. The number of carbonyl (C=O) groups is 2. The van der Waals surface area contributed by atoms with Crippen LogP contribution >= 0.6 is 0 Å². The third-order valence-corrected chi connectivity index (χ3v) is 5.12. The maximum Gasteiger partial charge on any atom is 0.249 e. The zero-order chi connectivity index (χ0) is 20.1. The summed E-state index contributed by atoms with van der Waals surface area (Å²) in [5.74, 6) is 1.13. The van der Waals surface area contributed by atoms with Gasteiger partial charge in [-0.3, -0.25) is 9.59 Å². The molecule has 0 radical (unpaired) electrons. The van der Waals surface area contributed by atoms with Crippen LogP contribution in [0.1, 0.15) is 18.9 Å². The molecule has 2 aromatic rings. The number of carbonyl (C=O) groups excluding carboxylic acids is 2. The molecule has 1 aliphatic heterocycles. The predicted molar refractivity (Wildman–Crippen MR) is 108 cm³/mol. The van der Waals surface area contributed by atoms with Gasteiger partial charge >= 0.3 is 0 Å². The van der Waals surface area contributed by atoms with Crippen LogP contribution in [-0.4, -0.2) is 50.1 Å². The van der Waals surface area contributed by atoms with E-state index in [0.717, 1.165) is 5.56 Å². The minimum absolute atomic E-state index is 0.00182. The van der Waals surface area contributed by atoms with Crippen LogP contribution in [0.3, 0.4) is 0 Å². The lowest BCUT2D eigenvalue weighted by Crippen LogP contribution is -2.57. The fourth-order valence-corrected chi connectivity index (χ4v) is 3.50. The molecule has 1 fully saturated rings. The van der Waals surface area contributed by atoms with Gasteiger partial charge in [-0.1, -0.05) is 30.3 Å². The molecule has 6 nitrogen and oxygen atoms in total. The van der Waals surface area contributed by atoms with E-state index in [1.807, 2.05) is 30.3 Å². The maximum atomic E-state index is 13.0. The van der Waals surface area contributed by atoms with Crippen LogP contribution in [0, 0.1) is 0 Å². The second-order valence-corrected chi connectivity index (χ2v) is 6.78. The van der Waals surface area contributed by atoms with E-state index in [4.69, 9.17) is 9.47 Å². The van der Waals surface area contributed by atoms with Crippen LogP contribution in [-0.2, 0) is 16.0 Å². The van der Waals surface area contributed by atoms with Gasteiger partial charge in [-0.15, -0.1) is 0 Å². The van der Waals surface area contributed by atoms with Crippen LogP contribution in [0.2, 0.25) is 0 Å². The summed E-state index contributed by atoms with van der Waals surface area (Å²) in [5, 5.41) is 0. The first-order chi connectivity index (χ1) is 13.5. The van der Waals surface area contributed by atoms with Crippen molar-refractivity contribution in [2.75, 3.05) is 32.2 Å². The van der Waals surface area contributed by atoms with Gasteiger partial charge in [-0.05, 0) is 31.0 Å². The summed E-state index contributed by atoms with van der Waals surface area (Å²) >= 11 is 0. The second kappa shape index (κ2) is 8.78. The quantitative estimate of drug-likeness (QED) is 0.771. The van der Waals surface area contributed by atoms with Gasteiger partial charge < -0.3 is 19.3 Å². The highest BCUT2D eigenvalue weighted by Crippen LogP contribution is 2.34. The van der Waals surface area contributed by atoms with Gasteiger partial charge in [0.15, 0.2) is 0 Å². The molecule has 1 atom stereocenters. The van der Waals surface area contributed by atoms with Crippen LogP contribution in [0.4, 0.5) is 5.69 Å². The Kier molecular flexibility index (Phi) is 6.19. The minimum atomic E-state index is -0.520. The van der Waals surface area contributed by atoms with Gasteiger partial charge in [0, 0.05) is 25.6 Å². The molecule has 2 aromatic carbocycles. The van der Waals surface area contributed by atoms with Gasteiger partial charge in [-0.25, -0.2) is 0 Å². The number of rotatable bonds is 6. The van der Waals surface area contributed by atoms with Crippen molar-refractivity contribution in [1.82, 2.24) is 4.90 Å². The summed E-state index contributed by atoms with van der Waals surface area (Å²) in [6.07, 6.45) is 1.06. The summed E-state index contributed by atoms with van der Waals surface area (Å²) in [7, 11) is 3.15. The van der Waals surface area contributed by atoms with E-state index in [-0.39, 0.29) is 11.8 Å². The van der Waals surface area contributed by atoms with Crippen molar-refractivity contribution < 1.29 is 19.1 Å². The number of hydrogen-bond donors (Lipinski definition) is 0. The second-order valence-electron chi connectivity index (χ2n) is 6.78. The number of amides is 2. The molecule has 0 spiro atoms. The Morgan fingerprint density at radius 3 is 2.50 bits per heavy atom. The highest BCUT2D eigenvalue weighted by Gasteiger charge is 2.35. The molecule has 0 aromatic heterocycles. The highest BCUT2D eigenvalue weighted by atomic mass is 16.5. The molecule has 2 amide bonds. The molecule has 0 N–H and O–H groups in total. The SMILES string of the molecule is COc1ccc(OC)c(N2CCN(C(=O)CCc3ccccc3)C(C)C2=O)c1. The molecule has 0 aliphatic carbocycles. The Morgan fingerprint density at radius 2 is 1.82 bits per heavy atom. The van der Waals surface area contributed by atoms with Gasteiger partial charge in [-0.2, -0.15) is 0 Å². The van der Waals surface area contributed by atoms with Crippen LogP contribution < -0.4 is 14.4 Å². The van der Waals surface area contributed by atoms with Crippen LogP contribution in [0.15, 0.2) is 48.5 Å². The lowest BCUT2D eigenvalue weighted by atomic mass is 10.1. The molecule has 1 heterocycles. The number of methoxy groups -OCH3 is 2. The first-order valence-corrected chi connectivity index (χ1v) is 9.42. The fourth-order valence-electron chi connectivity index (χ4n) is 3.50. The van der Waals surface area contributed by atoms with Crippen molar-refractivity contribution in [3.8, 4) is 11.5 Å². The molecular weight excluding hydrogens is 356 g/mol. The lowest BCUT2D eigenvalue weighted by molar-refractivity contribution is -0.140. The molecule has 28 heavy (non-hydrogen) atoms. The maximum absolute atomic E-state index is 13.0.